The Morgan fingerprint density at radius 3 is 1.28 bits per heavy atom. The van der Waals surface area contributed by atoms with Crippen LogP contribution in [0.25, 0.3) is 0 Å². The van der Waals surface area contributed by atoms with Crippen LogP contribution in [0, 0.1) is 0 Å². The van der Waals surface area contributed by atoms with Crippen LogP contribution in [0.3, 0.4) is 0 Å². The van der Waals surface area contributed by atoms with Crippen molar-refractivity contribution in [2.45, 2.75) is 84.5 Å². The Kier molecular flexibility index (Phi) is 28.9. The highest BCUT2D eigenvalue weighted by atomic mass is 16.6. The van der Waals surface area contributed by atoms with Gasteiger partial charge in [-0.3, -0.25) is 9.59 Å². The van der Waals surface area contributed by atoms with Crippen LogP contribution in [0.1, 0.15) is 84.5 Å². The summed E-state index contributed by atoms with van der Waals surface area (Å²) in [5, 5.41) is 0. The number of hydrogen-bond acceptors (Lipinski definition) is 9. The van der Waals surface area contributed by atoms with E-state index in [4.69, 9.17) is 33.2 Å². The summed E-state index contributed by atoms with van der Waals surface area (Å²) >= 11 is 0. The lowest BCUT2D eigenvalue weighted by molar-refractivity contribution is -0.146. The van der Waals surface area contributed by atoms with Crippen molar-refractivity contribution in [1.29, 1.82) is 0 Å². The van der Waals surface area contributed by atoms with Crippen molar-refractivity contribution in [3.8, 4) is 0 Å². The van der Waals surface area contributed by atoms with Crippen molar-refractivity contribution in [3.63, 3.8) is 0 Å². The molecule has 0 bridgehead atoms. The summed E-state index contributed by atoms with van der Waals surface area (Å²) in [5.41, 5.74) is 0. The molecule has 0 aromatic rings. The number of esters is 2. The predicted molar refractivity (Wildman–Crippen MR) is 138 cm³/mol. The van der Waals surface area contributed by atoms with Gasteiger partial charge in [-0.25, -0.2) is 0 Å². The van der Waals surface area contributed by atoms with Gasteiger partial charge in [-0.1, -0.05) is 58.3 Å². The molecule has 0 aliphatic heterocycles. The molecule has 0 spiro atoms. The maximum Gasteiger partial charge on any atom is 0.308 e. The Morgan fingerprint density at radius 1 is 0.417 bits per heavy atom. The Labute approximate surface area is 218 Å². The van der Waals surface area contributed by atoms with Crippen LogP contribution in [0.15, 0.2) is 0 Å². The molecule has 0 saturated carbocycles. The number of carbonyl (C=O) groups is 2. The Morgan fingerprint density at radius 2 is 0.806 bits per heavy atom. The second-order valence-corrected chi connectivity index (χ2v) is 8.42. The van der Waals surface area contributed by atoms with Crippen LogP contribution in [0.4, 0.5) is 0 Å². The van der Waals surface area contributed by atoms with Crippen LogP contribution in [0.2, 0.25) is 0 Å². The fraction of sp³-hybridized carbons (Fsp3) is 0.926. The van der Waals surface area contributed by atoms with Gasteiger partial charge in [0.25, 0.3) is 0 Å². The molecule has 0 aromatic heterocycles. The lowest BCUT2D eigenvalue weighted by atomic mass is 10.1. The number of unbranched alkanes of at least 4 members (excludes halogenated alkanes) is 8. The molecule has 9 heteroatoms. The van der Waals surface area contributed by atoms with E-state index in [0.717, 1.165) is 12.8 Å². The van der Waals surface area contributed by atoms with E-state index < -0.39 is 0 Å². The van der Waals surface area contributed by atoms with Gasteiger partial charge in [-0.05, 0) is 13.3 Å². The molecule has 0 aromatic carbocycles. The van der Waals surface area contributed by atoms with Gasteiger partial charge in [0.2, 0.25) is 0 Å². The van der Waals surface area contributed by atoms with Crippen LogP contribution in [0.5, 0.6) is 0 Å². The second-order valence-electron chi connectivity index (χ2n) is 8.42. The lowest BCUT2D eigenvalue weighted by Gasteiger charge is -2.08. The summed E-state index contributed by atoms with van der Waals surface area (Å²) in [5.74, 6) is -0.388. The number of carbonyl (C=O) groups excluding carboxylic acids is 2. The van der Waals surface area contributed by atoms with Crippen molar-refractivity contribution in [2.24, 2.45) is 0 Å². The topological polar surface area (TPSA) is 98.8 Å². The molecule has 0 heterocycles. The van der Waals surface area contributed by atoms with E-state index >= 15 is 0 Å². The van der Waals surface area contributed by atoms with Crippen molar-refractivity contribution in [3.05, 3.63) is 0 Å². The average molecular weight is 521 g/mol. The smallest absolute Gasteiger partial charge is 0.308 e. The minimum absolute atomic E-state index is 0.138. The highest BCUT2D eigenvalue weighted by Crippen LogP contribution is 2.10. The van der Waals surface area contributed by atoms with Crippen LogP contribution < -0.4 is 0 Å². The minimum atomic E-state index is -0.249. The Hall–Kier alpha value is -1.26. The zero-order valence-electron chi connectivity index (χ0n) is 22.9. The van der Waals surface area contributed by atoms with E-state index in [1.54, 1.807) is 6.92 Å². The number of hydrogen-bond donors (Lipinski definition) is 0. The Bertz CT molecular complexity index is 474. The third-order valence-electron chi connectivity index (χ3n) is 5.22. The largest absolute Gasteiger partial charge is 0.466 e. The van der Waals surface area contributed by atoms with E-state index in [9.17, 15) is 9.59 Å². The molecule has 0 fully saturated rings. The molecule has 9 nitrogen and oxygen atoms in total. The van der Waals surface area contributed by atoms with Crippen LogP contribution in [-0.4, -0.2) is 91.2 Å². The summed E-state index contributed by atoms with van der Waals surface area (Å²) in [4.78, 5) is 22.8. The fourth-order valence-corrected chi connectivity index (χ4v) is 3.24. The molecule has 0 atom stereocenters. The van der Waals surface area contributed by atoms with E-state index in [1.165, 1.54) is 44.9 Å². The monoisotopic (exact) mass is 520 g/mol. The van der Waals surface area contributed by atoms with E-state index in [-0.39, 0.29) is 25.0 Å². The number of rotatable bonds is 29. The second kappa shape index (κ2) is 30.0. The Balaban J connectivity index is 3.15. The fourth-order valence-electron chi connectivity index (χ4n) is 3.24. The minimum Gasteiger partial charge on any atom is -0.466 e. The normalized spacial score (nSPS) is 11.1. The van der Waals surface area contributed by atoms with Gasteiger partial charge >= 0.3 is 11.9 Å². The molecule has 0 aliphatic carbocycles. The standard InChI is InChI=1S/C27H52O9/c1-3-5-6-7-8-9-10-11-12-13-26(28)36-25-24-34-23-22-33-21-20-32-19-18-31-17-16-30-15-14-27(29)35-4-2/h3-25H2,1-2H3. The van der Waals surface area contributed by atoms with Gasteiger partial charge in [0.15, 0.2) is 0 Å². The molecule has 0 saturated heterocycles. The first kappa shape index (κ1) is 34.7. The van der Waals surface area contributed by atoms with Crippen LogP contribution >= 0.6 is 0 Å². The summed E-state index contributed by atoms with van der Waals surface area (Å²) in [7, 11) is 0. The lowest BCUT2D eigenvalue weighted by Crippen LogP contribution is -2.15. The van der Waals surface area contributed by atoms with Crippen molar-refractivity contribution >= 4 is 11.9 Å². The van der Waals surface area contributed by atoms with Crippen molar-refractivity contribution in [1.82, 2.24) is 0 Å². The number of ether oxygens (including phenoxy) is 7. The first-order valence-corrected chi connectivity index (χ1v) is 13.9. The van der Waals surface area contributed by atoms with Gasteiger partial charge < -0.3 is 33.2 Å². The first-order valence-electron chi connectivity index (χ1n) is 13.9. The average Bonchev–Trinajstić information content (AvgIpc) is 2.87. The molecule has 214 valence electrons. The molecule has 0 aliphatic rings. The van der Waals surface area contributed by atoms with E-state index in [2.05, 4.69) is 6.92 Å². The molecule has 0 amide bonds. The summed E-state index contributed by atoms with van der Waals surface area (Å²) in [6.07, 6.45) is 11.9. The van der Waals surface area contributed by atoms with Crippen molar-refractivity contribution < 1.29 is 42.7 Å². The third kappa shape index (κ3) is 29.0. The molecule has 0 radical (unpaired) electrons. The van der Waals surface area contributed by atoms with Crippen molar-refractivity contribution in [2.75, 3.05) is 79.3 Å². The van der Waals surface area contributed by atoms with Gasteiger partial charge in [0.1, 0.15) is 6.61 Å². The molecule has 0 unspecified atom stereocenters. The highest BCUT2D eigenvalue weighted by molar-refractivity contribution is 5.69. The van der Waals surface area contributed by atoms with Gasteiger partial charge in [0.05, 0.1) is 79.1 Å². The van der Waals surface area contributed by atoms with Gasteiger partial charge in [0, 0.05) is 6.42 Å². The summed E-state index contributed by atoms with van der Waals surface area (Å²) < 4.78 is 36.9. The van der Waals surface area contributed by atoms with Gasteiger partial charge in [-0.15, -0.1) is 0 Å². The van der Waals surface area contributed by atoms with E-state index in [1.807, 2.05) is 0 Å². The molecule has 36 heavy (non-hydrogen) atoms. The maximum atomic E-state index is 11.7. The molecular weight excluding hydrogens is 468 g/mol. The zero-order valence-corrected chi connectivity index (χ0v) is 22.9. The maximum absolute atomic E-state index is 11.7. The third-order valence-corrected chi connectivity index (χ3v) is 5.22. The SMILES string of the molecule is CCCCCCCCCCCC(=O)OCCOCCOCCOCCOCCOCCC(=O)OCC. The zero-order chi connectivity index (χ0) is 26.4. The molecular formula is C27H52O9. The highest BCUT2D eigenvalue weighted by Gasteiger charge is 2.03. The quantitative estimate of drug-likeness (QED) is 0.104. The van der Waals surface area contributed by atoms with Crippen LogP contribution in [-0.2, 0) is 42.7 Å². The molecule has 0 rings (SSSR count). The molecule has 0 N–H and O–H groups in total. The van der Waals surface area contributed by atoms with E-state index in [0.29, 0.717) is 79.1 Å². The predicted octanol–water partition coefficient (Wildman–Crippen LogP) is 4.49. The summed E-state index contributed by atoms with van der Waals surface area (Å²) in [6.45, 7) is 9.13. The first-order chi connectivity index (χ1) is 17.7. The van der Waals surface area contributed by atoms with Gasteiger partial charge in [-0.2, -0.15) is 0 Å². The summed E-state index contributed by atoms with van der Waals surface area (Å²) in [6, 6.07) is 0.